The smallest absolute Gasteiger partial charge is 0.199 e. The molecule has 0 atom stereocenters. The summed E-state index contributed by atoms with van der Waals surface area (Å²) in [4.78, 5) is 21.4. The monoisotopic (exact) mass is 232 g/mol. The first kappa shape index (κ1) is 9.48. The van der Waals surface area contributed by atoms with Crippen LogP contribution in [-0.4, -0.2) is 11.6 Å². The zero-order valence-corrected chi connectivity index (χ0v) is 9.42. The summed E-state index contributed by atoms with van der Waals surface area (Å²) < 4.78 is 0. The van der Waals surface area contributed by atoms with E-state index < -0.39 is 0 Å². The van der Waals surface area contributed by atoms with Gasteiger partial charge in [-0.05, 0) is 18.2 Å². The Morgan fingerprint density at radius 1 is 0.833 bits per heavy atom. The number of Topliss-reactive ketones (excluding diaryl/α,β-unsaturated/α-hetero) is 1. The Kier molecular flexibility index (Phi) is 1.70. The standard InChI is InChI=1S/C15H8N2O/c18-14-10-6-2-4-8-12(10)17-15-13(14)9-5-1-3-7-11(9)16-15/h1-8H. The Labute approximate surface area is 103 Å². The number of ketones is 1. The maximum absolute atomic E-state index is 12.5. The fourth-order valence-electron chi connectivity index (χ4n) is 2.39. The van der Waals surface area contributed by atoms with Crippen molar-refractivity contribution in [1.82, 2.24) is 0 Å². The van der Waals surface area contributed by atoms with Gasteiger partial charge in [0.25, 0.3) is 0 Å². The van der Waals surface area contributed by atoms with Crippen LogP contribution in [0, 0.1) is 0 Å². The average Bonchev–Trinajstić information content (AvgIpc) is 2.77. The van der Waals surface area contributed by atoms with Crippen molar-refractivity contribution in [3.05, 3.63) is 64.7 Å². The van der Waals surface area contributed by atoms with Crippen molar-refractivity contribution in [3.63, 3.8) is 0 Å². The molecule has 0 radical (unpaired) electrons. The molecule has 2 heterocycles. The Morgan fingerprint density at radius 3 is 2.56 bits per heavy atom. The number of para-hydroxylation sites is 2. The molecular weight excluding hydrogens is 224 g/mol. The maximum atomic E-state index is 12.5. The van der Waals surface area contributed by atoms with Crippen LogP contribution in [0.25, 0.3) is 5.57 Å². The van der Waals surface area contributed by atoms with Gasteiger partial charge in [-0.25, -0.2) is 9.98 Å². The van der Waals surface area contributed by atoms with Crippen LogP contribution in [0.2, 0.25) is 0 Å². The van der Waals surface area contributed by atoms with Gasteiger partial charge in [0.15, 0.2) is 11.6 Å². The van der Waals surface area contributed by atoms with Gasteiger partial charge in [-0.2, -0.15) is 0 Å². The molecule has 2 aromatic rings. The van der Waals surface area contributed by atoms with Crippen LogP contribution in [0.3, 0.4) is 0 Å². The van der Waals surface area contributed by atoms with Crippen LogP contribution in [0.4, 0.5) is 5.69 Å². The molecule has 0 aliphatic carbocycles. The highest BCUT2D eigenvalue weighted by Gasteiger charge is 2.28. The molecule has 0 saturated heterocycles. The van der Waals surface area contributed by atoms with Gasteiger partial charge in [0, 0.05) is 10.8 Å². The fraction of sp³-hybridized carbons (Fsp3) is 0. The number of hydrogen-bond donors (Lipinski definition) is 0. The largest absolute Gasteiger partial charge is 0.288 e. The number of rotatable bonds is 0. The Balaban J connectivity index is 2.15. The molecule has 18 heavy (non-hydrogen) atoms. The van der Waals surface area contributed by atoms with E-state index in [0.29, 0.717) is 22.7 Å². The second-order valence-electron chi connectivity index (χ2n) is 4.29. The molecular formula is C15H8N2O. The number of nitrogens with zero attached hydrogens (tertiary/aromatic N) is 2. The minimum atomic E-state index is 0.0179. The lowest BCUT2D eigenvalue weighted by Gasteiger charge is -2.12. The zero-order valence-electron chi connectivity index (χ0n) is 9.42. The van der Waals surface area contributed by atoms with Gasteiger partial charge in [0.1, 0.15) is 0 Å². The first-order valence-corrected chi connectivity index (χ1v) is 5.75. The number of aliphatic imine (C=N–C) groups is 1. The minimum Gasteiger partial charge on any atom is -0.288 e. The molecule has 0 aromatic heterocycles. The first-order valence-electron chi connectivity index (χ1n) is 5.75. The molecule has 0 N–H and O–H groups in total. The van der Waals surface area contributed by atoms with Gasteiger partial charge in [0.05, 0.1) is 16.6 Å². The second-order valence-corrected chi connectivity index (χ2v) is 4.29. The normalized spacial score (nSPS) is 15.4. The highest BCUT2D eigenvalue weighted by Crippen LogP contribution is 2.29. The highest BCUT2D eigenvalue weighted by atomic mass is 16.1. The van der Waals surface area contributed by atoms with E-state index in [4.69, 9.17) is 0 Å². The summed E-state index contributed by atoms with van der Waals surface area (Å²) in [5, 5.41) is 1.71. The van der Waals surface area contributed by atoms with Crippen molar-refractivity contribution in [2.45, 2.75) is 0 Å². The number of benzene rings is 2. The van der Waals surface area contributed by atoms with Crippen molar-refractivity contribution < 1.29 is 4.79 Å². The number of fused-ring (bicyclic) bond motifs is 3. The predicted octanol–water partition coefficient (Wildman–Crippen LogP) is 1.40. The molecule has 3 nitrogen and oxygen atoms in total. The van der Waals surface area contributed by atoms with Crippen LogP contribution >= 0.6 is 0 Å². The topological polar surface area (TPSA) is 41.8 Å². The molecule has 4 rings (SSSR count). The molecule has 2 aliphatic rings. The molecule has 2 aliphatic heterocycles. The summed E-state index contributed by atoms with van der Waals surface area (Å²) in [6.07, 6.45) is 0. The molecule has 0 fully saturated rings. The van der Waals surface area contributed by atoms with E-state index in [2.05, 4.69) is 9.98 Å². The SMILES string of the molecule is O=C1C2=c3ccccc3=NC2=Nc2ccccc21. The van der Waals surface area contributed by atoms with E-state index in [0.717, 1.165) is 10.6 Å². The molecule has 3 heteroatoms. The Morgan fingerprint density at radius 2 is 1.61 bits per heavy atom. The van der Waals surface area contributed by atoms with Crippen molar-refractivity contribution >= 4 is 22.9 Å². The van der Waals surface area contributed by atoms with Crippen molar-refractivity contribution in [2.75, 3.05) is 0 Å². The van der Waals surface area contributed by atoms with Crippen LogP contribution in [-0.2, 0) is 0 Å². The quantitative estimate of drug-likeness (QED) is 0.677. The third kappa shape index (κ3) is 1.10. The van der Waals surface area contributed by atoms with Crippen LogP contribution < -0.4 is 10.6 Å². The zero-order chi connectivity index (χ0) is 12.1. The lowest BCUT2D eigenvalue weighted by atomic mass is 9.97. The van der Waals surface area contributed by atoms with E-state index in [1.165, 1.54) is 0 Å². The average molecular weight is 232 g/mol. The summed E-state index contributed by atoms with van der Waals surface area (Å²) in [5.41, 5.74) is 1.99. The summed E-state index contributed by atoms with van der Waals surface area (Å²) >= 11 is 0. The van der Waals surface area contributed by atoms with Gasteiger partial charge < -0.3 is 0 Å². The van der Waals surface area contributed by atoms with Gasteiger partial charge in [0.2, 0.25) is 0 Å². The summed E-state index contributed by atoms with van der Waals surface area (Å²) in [7, 11) is 0. The summed E-state index contributed by atoms with van der Waals surface area (Å²) in [5.74, 6) is 0.559. The number of hydrogen-bond acceptors (Lipinski definition) is 3. The van der Waals surface area contributed by atoms with Crippen molar-refractivity contribution in [1.29, 1.82) is 0 Å². The predicted molar refractivity (Wildman–Crippen MR) is 68.5 cm³/mol. The van der Waals surface area contributed by atoms with Gasteiger partial charge in [-0.15, -0.1) is 0 Å². The van der Waals surface area contributed by atoms with E-state index in [9.17, 15) is 4.79 Å². The third-order valence-electron chi connectivity index (χ3n) is 3.23. The summed E-state index contributed by atoms with van der Waals surface area (Å²) in [6.45, 7) is 0. The van der Waals surface area contributed by atoms with E-state index in [-0.39, 0.29) is 5.78 Å². The van der Waals surface area contributed by atoms with Gasteiger partial charge >= 0.3 is 0 Å². The third-order valence-corrected chi connectivity index (χ3v) is 3.23. The van der Waals surface area contributed by atoms with E-state index in [1.54, 1.807) is 0 Å². The lowest BCUT2D eigenvalue weighted by molar-refractivity contribution is 0.105. The van der Waals surface area contributed by atoms with Crippen LogP contribution in [0.5, 0.6) is 0 Å². The summed E-state index contributed by atoms with van der Waals surface area (Å²) in [6, 6.07) is 15.0. The molecule has 2 aromatic carbocycles. The van der Waals surface area contributed by atoms with Crippen LogP contribution in [0.15, 0.2) is 58.5 Å². The molecule has 0 spiro atoms. The number of carbonyl (C=O) groups is 1. The van der Waals surface area contributed by atoms with Gasteiger partial charge in [-0.1, -0.05) is 30.3 Å². The molecule has 84 valence electrons. The highest BCUT2D eigenvalue weighted by molar-refractivity contribution is 6.50. The molecule has 0 amide bonds. The Hall–Kier alpha value is -2.55. The fourth-order valence-corrected chi connectivity index (χ4v) is 2.39. The van der Waals surface area contributed by atoms with E-state index >= 15 is 0 Å². The molecule has 0 unspecified atom stereocenters. The lowest BCUT2D eigenvalue weighted by Crippen LogP contribution is -2.25. The number of amidine groups is 1. The maximum Gasteiger partial charge on any atom is 0.199 e. The second kappa shape index (κ2) is 3.23. The van der Waals surface area contributed by atoms with E-state index in [1.807, 2.05) is 48.5 Å². The first-order chi connectivity index (χ1) is 8.84. The minimum absolute atomic E-state index is 0.0179. The van der Waals surface area contributed by atoms with Crippen molar-refractivity contribution in [2.24, 2.45) is 9.98 Å². The molecule has 0 saturated carbocycles. The van der Waals surface area contributed by atoms with Gasteiger partial charge in [-0.3, -0.25) is 4.79 Å². The van der Waals surface area contributed by atoms with Crippen molar-refractivity contribution in [3.8, 4) is 0 Å². The number of carbonyl (C=O) groups excluding carboxylic acids is 1. The van der Waals surface area contributed by atoms with Crippen LogP contribution in [0.1, 0.15) is 10.4 Å². The Bertz CT molecular complexity index is 847. The molecule has 0 bridgehead atoms.